The average molecular weight is 296 g/mol. The highest BCUT2D eigenvalue weighted by atomic mass is 79.9. The quantitative estimate of drug-likeness (QED) is 0.497. The molecule has 1 aromatic heterocycles. The lowest BCUT2D eigenvalue weighted by molar-refractivity contribution is -0.384. The highest BCUT2D eigenvalue weighted by molar-refractivity contribution is 9.08. The van der Waals surface area contributed by atoms with Crippen LogP contribution in [0.3, 0.4) is 0 Å². The van der Waals surface area contributed by atoms with Crippen LogP contribution in [-0.4, -0.2) is 14.7 Å². The van der Waals surface area contributed by atoms with Crippen molar-refractivity contribution in [2.75, 3.05) is 0 Å². The molecule has 88 valence electrons. The molecule has 0 unspecified atom stereocenters. The van der Waals surface area contributed by atoms with E-state index in [0.717, 1.165) is 16.8 Å². The van der Waals surface area contributed by atoms with Gasteiger partial charge in [0, 0.05) is 23.7 Å². The second-order valence-corrected chi connectivity index (χ2v) is 4.23. The minimum Gasteiger partial charge on any atom is -0.258 e. The Morgan fingerprint density at radius 1 is 1.53 bits per heavy atom. The highest BCUT2D eigenvalue weighted by Crippen LogP contribution is 2.23. The van der Waals surface area contributed by atoms with E-state index < -0.39 is 4.92 Å². The zero-order valence-electron chi connectivity index (χ0n) is 9.13. The van der Waals surface area contributed by atoms with Crippen molar-refractivity contribution in [3.8, 4) is 5.69 Å². The van der Waals surface area contributed by atoms with Crippen molar-refractivity contribution >= 4 is 21.6 Å². The minimum absolute atomic E-state index is 0.0899. The predicted molar refractivity (Wildman–Crippen MR) is 67.6 cm³/mol. The summed E-state index contributed by atoms with van der Waals surface area (Å²) in [6.07, 6.45) is 3.63. The number of non-ortho nitro benzene ring substituents is 1. The molecule has 1 aromatic carbocycles. The van der Waals surface area contributed by atoms with Crippen LogP contribution in [-0.2, 0) is 5.33 Å². The molecule has 17 heavy (non-hydrogen) atoms. The molecule has 2 rings (SSSR count). The van der Waals surface area contributed by atoms with Crippen LogP contribution in [0.15, 0.2) is 30.6 Å². The molecule has 0 spiro atoms. The van der Waals surface area contributed by atoms with Gasteiger partial charge in [-0.15, -0.1) is 0 Å². The second-order valence-electron chi connectivity index (χ2n) is 3.67. The van der Waals surface area contributed by atoms with E-state index in [-0.39, 0.29) is 5.69 Å². The third-order valence-electron chi connectivity index (χ3n) is 2.38. The molecule has 0 aliphatic rings. The first-order valence-corrected chi connectivity index (χ1v) is 6.09. The largest absolute Gasteiger partial charge is 0.269 e. The van der Waals surface area contributed by atoms with E-state index in [9.17, 15) is 10.1 Å². The van der Waals surface area contributed by atoms with Crippen molar-refractivity contribution in [2.24, 2.45) is 0 Å². The predicted octanol–water partition coefficient (Wildman–Crippen LogP) is 2.98. The smallest absolute Gasteiger partial charge is 0.258 e. The van der Waals surface area contributed by atoms with Crippen molar-refractivity contribution in [3.05, 3.63) is 51.8 Å². The van der Waals surface area contributed by atoms with Gasteiger partial charge in [-0.2, -0.15) is 5.10 Å². The zero-order valence-corrected chi connectivity index (χ0v) is 10.7. The van der Waals surface area contributed by atoms with E-state index in [1.54, 1.807) is 23.0 Å². The topological polar surface area (TPSA) is 61.0 Å². The van der Waals surface area contributed by atoms with E-state index in [1.165, 1.54) is 6.07 Å². The summed E-state index contributed by atoms with van der Waals surface area (Å²) in [5.74, 6) is 0. The van der Waals surface area contributed by atoms with Crippen LogP contribution in [0, 0.1) is 17.0 Å². The van der Waals surface area contributed by atoms with Crippen LogP contribution in [0.25, 0.3) is 5.69 Å². The molecule has 0 saturated heterocycles. The average Bonchev–Trinajstić information content (AvgIpc) is 2.74. The van der Waals surface area contributed by atoms with E-state index in [1.807, 2.05) is 13.1 Å². The lowest BCUT2D eigenvalue weighted by Gasteiger charge is -2.06. The third kappa shape index (κ3) is 2.36. The standard InChI is InChI=1S/C11H10BrN3O2/c1-8-6-13-14(7-8)11-3-2-10(15(16)17)4-9(11)5-12/h2-4,6-7H,5H2,1H3. The Hall–Kier alpha value is -1.69. The highest BCUT2D eigenvalue weighted by Gasteiger charge is 2.11. The summed E-state index contributed by atoms with van der Waals surface area (Å²) in [4.78, 5) is 10.3. The number of rotatable bonds is 3. The molecule has 0 fully saturated rings. The molecule has 6 heteroatoms. The Morgan fingerprint density at radius 3 is 2.82 bits per heavy atom. The van der Waals surface area contributed by atoms with Crippen molar-refractivity contribution < 1.29 is 4.92 Å². The summed E-state index contributed by atoms with van der Waals surface area (Å²) in [6.45, 7) is 1.95. The first-order valence-electron chi connectivity index (χ1n) is 4.96. The Morgan fingerprint density at radius 2 is 2.29 bits per heavy atom. The monoisotopic (exact) mass is 295 g/mol. The van der Waals surface area contributed by atoms with Gasteiger partial charge >= 0.3 is 0 Å². The first kappa shape index (κ1) is 11.8. The van der Waals surface area contributed by atoms with Gasteiger partial charge in [-0.3, -0.25) is 10.1 Å². The van der Waals surface area contributed by atoms with Crippen LogP contribution in [0.2, 0.25) is 0 Å². The van der Waals surface area contributed by atoms with Gasteiger partial charge in [0.1, 0.15) is 0 Å². The zero-order chi connectivity index (χ0) is 12.4. The fraction of sp³-hybridized carbons (Fsp3) is 0.182. The van der Waals surface area contributed by atoms with Gasteiger partial charge in [0.15, 0.2) is 0 Å². The minimum atomic E-state index is -0.399. The van der Waals surface area contributed by atoms with Crippen LogP contribution in [0.4, 0.5) is 5.69 Å². The number of nitrogens with zero attached hydrogens (tertiary/aromatic N) is 3. The van der Waals surface area contributed by atoms with Crippen molar-refractivity contribution in [1.29, 1.82) is 0 Å². The summed E-state index contributed by atoms with van der Waals surface area (Å²) < 4.78 is 1.72. The number of halogens is 1. The maximum atomic E-state index is 10.7. The summed E-state index contributed by atoms with van der Waals surface area (Å²) in [6, 6.07) is 4.75. The molecule has 0 radical (unpaired) electrons. The first-order chi connectivity index (χ1) is 8.11. The van der Waals surface area contributed by atoms with Gasteiger partial charge in [-0.05, 0) is 24.1 Å². The molecule has 5 nitrogen and oxygen atoms in total. The molecule has 2 aromatic rings. The molecule has 0 aliphatic carbocycles. The van der Waals surface area contributed by atoms with E-state index in [0.29, 0.717) is 5.33 Å². The van der Waals surface area contributed by atoms with Crippen LogP contribution in [0.1, 0.15) is 11.1 Å². The van der Waals surface area contributed by atoms with Gasteiger partial charge in [-0.1, -0.05) is 15.9 Å². The molecule has 0 bridgehead atoms. The number of aromatic nitrogens is 2. The lowest BCUT2D eigenvalue weighted by Crippen LogP contribution is -2.00. The Bertz CT molecular complexity index is 566. The molecule has 0 aliphatic heterocycles. The summed E-state index contributed by atoms with van der Waals surface area (Å²) in [5, 5.41) is 15.4. The normalized spacial score (nSPS) is 10.5. The van der Waals surface area contributed by atoms with Crippen molar-refractivity contribution in [1.82, 2.24) is 9.78 Å². The number of nitro groups is 1. The van der Waals surface area contributed by atoms with Gasteiger partial charge in [0.2, 0.25) is 0 Å². The molecule has 0 atom stereocenters. The summed E-state index contributed by atoms with van der Waals surface area (Å²) in [5.41, 5.74) is 2.82. The fourth-order valence-electron chi connectivity index (χ4n) is 1.56. The van der Waals surface area contributed by atoms with E-state index >= 15 is 0 Å². The van der Waals surface area contributed by atoms with E-state index in [4.69, 9.17) is 0 Å². The third-order valence-corrected chi connectivity index (χ3v) is 2.98. The molecular formula is C11H10BrN3O2. The van der Waals surface area contributed by atoms with Gasteiger partial charge in [0.25, 0.3) is 5.69 Å². The number of alkyl halides is 1. The SMILES string of the molecule is Cc1cnn(-c2ccc([N+](=O)[O-])cc2CBr)c1. The van der Waals surface area contributed by atoms with Gasteiger partial charge in [0.05, 0.1) is 16.8 Å². The number of benzene rings is 1. The Labute approximate surface area is 106 Å². The molecule has 0 N–H and O–H groups in total. The number of hydrogen-bond acceptors (Lipinski definition) is 3. The van der Waals surface area contributed by atoms with Crippen molar-refractivity contribution in [3.63, 3.8) is 0 Å². The molecule has 1 heterocycles. The van der Waals surface area contributed by atoms with Crippen molar-refractivity contribution in [2.45, 2.75) is 12.3 Å². The molecule has 0 amide bonds. The van der Waals surface area contributed by atoms with Gasteiger partial charge in [-0.25, -0.2) is 4.68 Å². The van der Waals surface area contributed by atoms with E-state index in [2.05, 4.69) is 21.0 Å². The Kier molecular flexibility index (Phi) is 3.23. The van der Waals surface area contributed by atoms with Crippen LogP contribution >= 0.6 is 15.9 Å². The molecule has 0 saturated carbocycles. The maximum Gasteiger partial charge on any atom is 0.269 e. The number of nitro benzene ring substituents is 1. The Balaban J connectivity index is 2.51. The molecular weight excluding hydrogens is 286 g/mol. The van der Waals surface area contributed by atoms with Crippen LogP contribution in [0.5, 0.6) is 0 Å². The maximum absolute atomic E-state index is 10.7. The number of hydrogen-bond donors (Lipinski definition) is 0. The van der Waals surface area contributed by atoms with Gasteiger partial charge < -0.3 is 0 Å². The summed E-state index contributed by atoms with van der Waals surface area (Å²) >= 11 is 3.33. The van der Waals surface area contributed by atoms with Crippen LogP contribution < -0.4 is 0 Å². The fourth-order valence-corrected chi connectivity index (χ4v) is 2.01. The summed E-state index contributed by atoms with van der Waals surface area (Å²) in [7, 11) is 0. The second kappa shape index (κ2) is 4.67. The lowest BCUT2D eigenvalue weighted by atomic mass is 10.2. The number of aryl methyl sites for hydroxylation is 1.